The quantitative estimate of drug-likeness (QED) is 0.428. The molecule has 0 saturated heterocycles. The summed E-state index contributed by atoms with van der Waals surface area (Å²) in [5, 5.41) is 1.82. The highest BCUT2D eigenvalue weighted by atomic mass is 35.5. The summed E-state index contributed by atoms with van der Waals surface area (Å²) in [6.45, 7) is 0. The molecular weight excluding hydrogens is 328 g/mol. The van der Waals surface area contributed by atoms with E-state index in [9.17, 15) is 4.79 Å². The molecule has 112 valence electrons. The molecule has 2 nitrogen and oxygen atoms in total. The molecule has 4 rings (SSSR count). The lowest BCUT2D eigenvalue weighted by Crippen LogP contribution is -2.02. The van der Waals surface area contributed by atoms with Crippen LogP contribution in [-0.2, 0) is 0 Å². The van der Waals surface area contributed by atoms with Gasteiger partial charge in [0.2, 0.25) is 0 Å². The van der Waals surface area contributed by atoms with Crippen LogP contribution in [0.1, 0.15) is 0 Å². The summed E-state index contributed by atoms with van der Waals surface area (Å²) in [5.74, 6) is 1.17. The van der Waals surface area contributed by atoms with Crippen molar-refractivity contribution in [1.82, 2.24) is 0 Å². The van der Waals surface area contributed by atoms with Crippen LogP contribution in [0.15, 0.2) is 71.5 Å². The zero-order valence-electron chi connectivity index (χ0n) is 12.0. The van der Waals surface area contributed by atoms with Gasteiger partial charge >= 0.3 is 0 Å². The molecule has 3 aromatic carbocycles. The number of hydrogen-bond acceptors (Lipinski definition) is 3. The van der Waals surface area contributed by atoms with Crippen molar-refractivity contribution in [3.63, 3.8) is 0 Å². The summed E-state index contributed by atoms with van der Waals surface area (Å²) in [6.07, 6.45) is 0. The Morgan fingerprint density at radius 2 is 1.61 bits per heavy atom. The van der Waals surface area contributed by atoms with Crippen molar-refractivity contribution in [3.05, 3.63) is 82.0 Å². The summed E-state index contributed by atoms with van der Waals surface area (Å²) in [6, 6.07) is 20.5. The maximum absolute atomic E-state index is 12.9. The molecule has 0 N–H and O–H groups in total. The smallest absolute Gasteiger partial charge is 0.199 e. The zero-order valence-corrected chi connectivity index (χ0v) is 13.5. The number of para-hydroxylation sites is 1. The lowest BCUT2D eigenvalue weighted by atomic mass is 10.1. The summed E-state index contributed by atoms with van der Waals surface area (Å²) in [4.78, 5) is 12.9. The van der Waals surface area contributed by atoms with Gasteiger partial charge in [-0.05, 0) is 30.3 Å². The molecule has 0 bridgehead atoms. The van der Waals surface area contributed by atoms with E-state index >= 15 is 0 Å². The molecule has 0 fully saturated rings. The van der Waals surface area contributed by atoms with Crippen molar-refractivity contribution >= 4 is 43.1 Å². The van der Waals surface area contributed by atoms with Gasteiger partial charge in [-0.3, -0.25) is 4.79 Å². The third-order valence-electron chi connectivity index (χ3n) is 3.58. The van der Waals surface area contributed by atoms with E-state index in [2.05, 4.69) is 0 Å². The van der Waals surface area contributed by atoms with E-state index in [-0.39, 0.29) is 5.43 Å². The summed E-state index contributed by atoms with van der Waals surface area (Å²) in [7, 11) is 0. The first kappa shape index (κ1) is 14.2. The van der Waals surface area contributed by atoms with Gasteiger partial charge in [-0.1, -0.05) is 41.9 Å². The predicted octanol–water partition coefficient (Wildman–Crippen LogP) is 5.86. The lowest BCUT2D eigenvalue weighted by Gasteiger charge is -2.10. The Morgan fingerprint density at radius 1 is 0.870 bits per heavy atom. The number of ether oxygens (including phenoxy) is 1. The number of benzene rings is 3. The van der Waals surface area contributed by atoms with Gasteiger partial charge in [0.25, 0.3) is 0 Å². The molecule has 0 spiro atoms. The van der Waals surface area contributed by atoms with Crippen molar-refractivity contribution in [2.24, 2.45) is 0 Å². The predicted molar refractivity (Wildman–Crippen MR) is 97.1 cm³/mol. The van der Waals surface area contributed by atoms with Crippen LogP contribution < -0.4 is 10.2 Å². The number of rotatable bonds is 2. The Kier molecular flexibility index (Phi) is 3.52. The van der Waals surface area contributed by atoms with Gasteiger partial charge in [-0.15, -0.1) is 11.3 Å². The highest BCUT2D eigenvalue weighted by Gasteiger charge is 2.13. The average molecular weight is 339 g/mol. The molecule has 1 aromatic heterocycles. The van der Waals surface area contributed by atoms with Crippen LogP contribution in [0, 0.1) is 0 Å². The third kappa shape index (κ3) is 2.58. The standard InChI is InChI=1S/C19H11ClO2S/c20-12-10-15(22-13-6-2-1-3-7-13)18-17(11-12)23-16-9-5-4-8-14(16)19(18)21/h1-11H. The van der Waals surface area contributed by atoms with Crippen LogP contribution in [0.4, 0.5) is 0 Å². The van der Waals surface area contributed by atoms with E-state index in [0.29, 0.717) is 27.3 Å². The summed E-state index contributed by atoms with van der Waals surface area (Å²) in [5.41, 5.74) is -0.0306. The first-order valence-corrected chi connectivity index (χ1v) is 8.30. The van der Waals surface area contributed by atoms with Gasteiger partial charge in [0.15, 0.2) is 5.43 Å². The van der Waals surface area contributed by atoms with Gasteiger partial charge in [0.1, 0.15) is 11.5 Å². The number of halogens is 1. The van der Waals surface area contributed by atoms with Crippen LogP contribution in [0.5, 0.6) is 11.5 Å². The van der Waals surface area contributed by atoms with Crippen LogP contribution in [0.2, 0.25) is 5.02 Å². The molecule has 0 radical (unpaired) electrons. The molecule has 1 heterocycles. The Bertz CT molecular complexity index is 1070. The molecule has 0 aliphatic carbocycles. The molecular formula is C19H11ClO2S. The summed E-state index contributed by atoms with van der Waals surface area (Å²) < 4.78 is 7.69. The Hall–Kier alpha value is -2.36. The maximum Gasteiger partial charge on any atom is 0.199 e. The first-order chi connectivity index (χ1) is 11.2. The second-order valence-electron chi connectivity index (χ2n) is 5.12. The third-order valence-corrected chi connectivity index (χ3v) is 4.92. The van der Waals surface area contributed by atoms with Crippen LogP contribution >= 0.6 is 22.9 Å². The summed E-state index contributed by atoms with van der Waals surface area (Å²) >= 11 is 7.76. The monoisotopic (exact) mass is 338 g/mol. The molecule has 0 aliphatic rings. The Morgan fingerprint density at radius 3 is 2.43 bits per heavy atom. The van der Waals surface area contributed by atoms with Gasteiger partial charge in [0.05, 0.1) is 5.39 Å². The van der Waals surface area contributed by atoms with E-state index < -0.39 is 0 Å². The van der Waals surface area contributed by atoms with E-state index in [4.69, 9.17) is 16.3 Å². The number of fused-ring (bicyclic) bond motifs is 2. The fourth-order valence-electron chi connectivity index (χ4n) is 2.55. The lowest BCUT2D eigenvalue weighted by molar-refractivity contribution is 0.488. The minimum absolute atomic E-state index is 0.0306. The van der Waals surface area contributed by atoms with E-state index in [0.717, 1.165) is 9.40 Å². The minimum Gasteiger partial charge on any atom is -0.456 e. The van der Waals surface area contributed by atoms with Crippen LogP contribution in [0.25, 0.3) is 20.2 Å². The minimum atomic E-state index is -0.0306. The van der Waals surface area contributed by atoms with Crippen LogP contribution in [0.3, 0.4) is 0 Å². The zero-order chi connectivity index (χ0) is 15.8. The maximum atomic E-state index is 12.9. The van der Waals surface area contributed by atoms with Crippen molar-refractivity contribution in [2.75, 3.05) is 0 Å². The Balaban J connectivity index is 2.03. The van der Waals surface area contributed by atoms with Crippen molar-refractivity contribution in [2.45, 2.75) is 0 Å². The topological polar surface area (TPSA) is 26.3 Å². The van der Waals surface area contributed by atoms with Crippen LogP contribution in [-0.4, -0.2) is 0 Å². The molecule has 4 heteroatoms. The largest absolute Gasteiger partial charge is 0.456 e. The molecule has 4 aromatic rings. The van der Waals surface area contributed by atoms with E-state index in [1.807, 2.05) is 60.7 Å². The Labute approximate surface area is 141 Å². The molecule has 23 heavy (non-hydrogen) atoms. The van der Waals surface area contributed by atoms with Crippen molar-refractivity contribution in [1.29, 1.82) is 0 Å². The van der Waals surface area contributed by atoms with Gasteiger partial charge in [0, 0.05) is 25.9 Å². The first-order valence-electron chi connectivity index (χ1n) is 7.10. The highest BCUT2D eigenvalue weighted by molar-refractivity contribution is 7.24. The second kappa shape index (κ2) is 5.69. The fraction of sp³-hybridized carbons (Fsp3) is 0. The van der Waals surface area contributed by atoms with E-state index in [1.54, 1.807) is 6.07 Å². The molecule has 0 saturated carbocycles. The van der Waals surface area contributed by atoms with Crippen molar-refractivity contribution < 1.29 is 4.74 Å². The normalized spacial score (nSPS) is 11.0. The van der Waals surface area contributed by atoms with E-state index in [1.165, 1.54) is 11.3 Å². The van der Waals surface area contributed by atoms with Gasteiger partial charge in [-0.2, -0.15) is 0 Å². The average Bonchev–Trinajstić information content (AvgIpc) is 2.55. The molecule has 0 unspecified atom stereocenters. The van der Waals surface area contributed by atoms with Gasteiger partial charge in [-0.25, -0.2) is 0 Å². The second-order valence-corrected chi connectivity index (χ2v) is 6.64. The fourth-order valence-corrected chi connectivity index (χ4v) is 3.96. The van der Waals surface area contributed by atoms with Crippen molar-refractivity contribution in [3.8, 4) is 11.5 Å². The molecule has 0 atom stereocenters. The molecule has 0 amide bonds. The van der Waals surface area contributed by atoms with Gasteiger partial charge < -0.3 is 4.74 Å². The highest BCUT2D eigenvalue weighted by Crippen LogP contribution is 2.35. The molecule has 0 aliphatic heterocycles. The number of hydrogen-bond donors (Lipinski definition) is 0. The SMILES string of the molecule is O=c1c2ccccc2sc2cc(Cl)cc(Oc3ccccc3)c12.